The number of non-ortho nitro benzene ring substituents is 1. The van der Waals surface area contributed by atoms with Crippen LogP contribution in [0, 0.1) is 10.1 Å². The van der Waals surface area contributed by atoms with Crippen LogP contribution in [-0.4, -0.2) is 22.7 Å². The van der Waals surface area contributed by atoms with Crippen LogP contribution >= 0.6 is 11.6 Å². The van der Waals surface area contributed by atoms with Crippen LogP contribution in [0.1, 0.15) is 5.76 Å². The second-order valence-corrected chi connectivity index (χ2v) is 6.99. The maximum atomic E-state index is 13.5. The number of nitro groups is 1. The number of rotatable bonds is 4. The minimum atomic E-state index is -4.87. The Morgan fingerprint density at radius 2 is 1.81 bits per heavy atom. The third-order valence-corrected chi connectivity index (χ3v) is 4.80. The van der Waals surface area contributed by atoms with E-state index < -0.39 is 28.3 Å². The van der Waals surface area contributed by atoms with E-state index >= 15 is 0 Å². The summed E-state index contributed by atoms with van der Waals surface area (Å²) < 4.78 is 46.2. The van der Waals surface area contributed by atoms with Gasteiger partial charge in [0.05, 0.1) is 21.2 Å². The van der Waals surface area contributed by atoms with Gasteiger partial charge in [0, 0.05) is 17.7 Å². The van der Waals surface area contributed by atoms with Crippen molar-refractivity contribution in [1.82, 2.24) is 0 Å². The lowest BCUT2D eigenvalue weighted by atomic mass is 10.1. The summed E-state index contributed by atoms with van der Waals surface area (Å²) in [6, 6.07) is 14.2. The zero-order valence-electron chi connectivity index (χ0n) is 15.8. The molecule has 0 unspecified atom stereocenters. The molecule has 0 radical (unpaired) electrons. The minimum absolute atomic E-state index is 0.0255. The number of hydrogen-bond donors (Lipinski definition) is 0. The van der Waals surface area contributed by atoms with E-state index in [1.54, 1.807) is 18.2 Å². The number of nitro benzene ring substituents is 1. The molecule has 7 nitrogen and oxygen atoms in total. The summed E-state index contributed by atoms with van der Waals surface area (Å²) in [5.41, 5.74) is -1.78. The minimum Gasteiger partial charge on any atom is -0.457 e. The van der Waals surface area contributed by atoms with Crippen molar-refractivity contribution in [2.45, 2.75) is 6.18 Å². The Balaban J connectivity index is 1.71. The molecule has 0 fully saturated rings. The first kappa shape index (κ1) is 21.3. The number of hydrazone groups is 1. The summed E-state index contributed by atoms with van der Waals surface area (Å²) in [6.07, 6.45) is -3.93. The highest BCUT2D eigenvalue weighted by Crippen LogP contribution is 2.35. The van der Waals surface area contributed by atoms with E-state index in [1.165, 1.54) is 36.4 Å². The van der Waals surface area contributed by atoms with E-state index in [4.69, 9.17) is 16.0 Å². The first-order valence-electron chi connectivity index (χ1n) is 8.96. The Labute approximate surface area is 183 Å². The highest BCUT2D eigenvalue weighted by atomic mass is 35.5. The predicted octanol–water partition coefficient (Wildman–Crippen LogP) is 5.86. The zero-order valence-corrected chi connectivity index (χ0v) is 16.6. The summed E-state index contributed by atoms with van der Waals surface area (Å²) in [7, 11) is 0. The molecule has 1 aromatic heterocycles. The number of hydrogen-bond acceptors (Lipinski definition) is 5. The van der Waals surface area contributed by atoms with Gasteiger partial charge in [-0.15, -0.1) is 0 Å². The van der Waals surface area contributed by atoms with E-state index in [0.717, 1.165) is 12.1 Å². The van der Waals surface area contributed by atoms with E-state index in [-0.39, 0.29) is 27.9 Å². The second-order valence-electron chi connectivity index (χ2n) is 6.58. The number of carbonyl (C=O) groups is 1. The molecule has 2 aromatic carbocycles. The fourth-order valence-electron chi connectivity index (χ4n) is 3.03. The molecule has 32 heavy (non-hydrogen) atoms. The molecule has 0 N–H and O–H groups in total. The standard InChI is InChI=1S/C21H11ClF3N3O4/c22-17-10-13(28(30)31)6-8-15(17)18-9-7-14(32-18)11-16-19(21(23,24)25)26-27(20(16)29)12-4-2-1-3-5-12/h1-11H/b16-11+. The van der Waals surface area contributed by atoms with Crippen molar-refractivity contribution >= 4 is 40.7 Å². The maximum absolute atomic E-state index is 13.5. The maximum Gasteiger partial charge on any atom is 0.435 e. The lowest BCUT2D eigenvalue weighted by Crippen LogP contribution is -2.25. The van der Waals surface area contributed by atoms with Gasteiger partial charge >= 0.3 is 6.18 Å². The van der Waals surface area contributed by atoms with Crippen LogP contribution in [0.25, 0.3) is 17.4 Å². The number of amides is 1. The second kappa shape index (κ2) is 7.97. The molecule has 0 spiro atoms. The largest absolute Gasteiger partial charge is 0.457 e. The average molecular weight is 462 g/mol. The Hall–Kier alpha value is -3.92. The highest BCUT2D eigenvalue weighted by Gasteiger charge is 2.47. The number of alkyl halides is 3. The number of para-hydroxylation sites is 1. The van der Waals surface area contributed by atoms with Gasteiger partial charge in [-0.3, -0.25) is 14.9 Å². The summed E-state index contributed by atoms with van der Waals surface area (Å²) in [4.78, 5) is 22.9. The van der Waals surface area contributed by atoms with E-state index in [1.807, 2.05) is 0 Å². The normalized spacial score (nSPS) is 15.4. The van der Waals surface area contributed by atoms with Crippen molar-refractivity contribution in [2.24, 2.45) is 5.10 Å². The van der Waals surface area contributed by atoms with Crippen LogP contribution in [-0.2, 0) is 4.79 Å². The van der Waals surface area contributed by atoms with Crippen LogP contribution in [0.5, 0.6) is 0 Å². The van der Waals surface area contributed by atoms with Crippen LogP contribution < -0.4 is 5.01 Å². The van der Waals surface area contributed by atoms with Crippen molar-refractivity contribution in [2.75, 3.05) is 5.01 Å². The fraction of sp³-hybridized carbons (Fsp3) is 0.0476. The number of nitrogens with zero attached hydrogens (tertiary/aromatic N) is 3. The summed E-state index contributed by atoms with van der Waals surface area (Å²) in [5.74, 6) is -0.855. The number of benzene rings is 2. The highest BCUT2D eigenvalue weighted by molar-refractivity contribution is 6.34. The first-order chi connectivity index (χ1) is 15.1. The number of halogens is 4. The van der Waals surface area contributed by atoms with Gasteiger partial charge in [-0.1, -0.05) is 29.8 Å². The molecular formula is C21H11ClF3N3O4. The molecule has 0 bridgehead atoms. The van der Waals surface area contributed by atoms with Crippen molar-refractivity contribution in [3.63, 3.8) is 0 Å². The fourth-order valence-corrected chi connectivity index (χ4v) is 3.30. The van der Waals surface area contributed by atoms with E-state index in [0.29, 0.717) is 10.6 Å². The topological polar surface area (TPSA) is 88.9 Å². The van der Waals surface area contributed by atoms with Crippen molar-refractivity contribution in [1.29, 1.82) is 0 Å². The van der Waals surface area contributed by atoms with E-state index in [9.17, 15) is 28.1 Å². The third kappa shape index (κ3) is 4.00. The molecule has 1 aliphatic heterocycles. The van der Waals surface area contributed by atoms with Gasteiger partial charge < -0.3 is 4.42 Å². The Bertz CT molecular complexity index is 1280. The van der Waals surface area contributed by atoms with Gasteiger partial charge in [-0.2, -0.15) is 23.3 Å². The van der Waals surface area contributed by atoms with Gasteiger partial charge in [-0.25, -0.2) is 0 Å². The van der Waals surface area contributed by atoms with Gasteiger partial charge in [0.15, 0.2) is 5.71 Å². The number of furan rings is 1. The number of carbonyl (C=O) groups excluding carboxylic acids is 1. The van der Waals surface area contributed by atoms with Crippen LogP contribution in [0.2, 0.25) is 5.02 Å². The summed E-state index contributed by atoms with van der Waals surface area (Å²) >= 11 is 6.07. The molecule has 4 rings (SSSR count). The monoisotopic (exact) mass is 461 g/mol. The number of anilines is 1. The van der Waals surface area contributed by atoms with Crippen LogP contribution in [0.15, 0.2) is 75.8 Å². The average Bonchev–Trinajstić information content (AvgIpc) is 3.33. The molecule has 11 heteroatoms. The third-order valence-electron chi connectivity index (χ3n) is 4.49. The molecule has 162 valence electrons. The van der Waals surface area contributed by atoms with Gasteiger partial charge in [0.2, 0.25) is 0 Å². The SMILES string of the molecule is O=C1/C(=C/c2ccc(-c3ccc([N+](=O)[O-])cc3Cl)o2)C(C(F)(F)F)=NN1c1ccccc1. The molecule has 2 heterocycles. The molecule has 0 saturated carbocycles. The molecule has 1 aliphatic rings. The summed E-state index contributed by atoms with van der Waals surface area (Å²) in [5, 5.41) is 15.0. The van der Waals surface area contributed by atoms with Gasteiger partial charge in [0.1, 0.15) is 11.5 Å². The molecule has 0 saturated heterocycles. The first-order valence-corrected chi connectivity index (χ1v) is 9.34. The van der Waals surface area contributed by atoms with Gasteiger partial charge in [-0.05, 0) is 36.4 Å². The van der Waals surface area contributed by atoms with E-state index in [2.05, 4.69) is 5.10 Å². The smallest absolute Gasteiger partial charge is 0.435 e. The molecule has 1 amide bonds. The van der Waals surface area contributed by atoms with Crippen LogP contribution in [0.4, 0.5) is 24.5 Å². The lowest BCUT2D eigenvalue weighted by Gasteiger charge is -2.10. The lowest BCUT2D eigenvalue weighted by molar-refractivity contribution is -0.384. The Morgan fingerprint density at radius 3 is 2.44 bits per heavy atom. The Morgan fingerprint density at radius 1 is 1.09 bits per heavy atom. The molecular weight excluding hydrogens is 451 g/mol. The summed E-state index contributed by atoms with van der Waals surface area (Å²) in [6.45, 7) is 0. The quantitative estimate of drug-likeness (QED) is 0.276. The van der Waals surface area contributed by atoms with Crippen molar-refractivity contribution < 1.29 is 27.3 Å². The van der Waals surface area contributed by atoms with Crippen LogP contribution in [0.3, 0.4) is 0 Å². The Kier molecular flexibility index (Phi) is 5.31. The molecule has 0 atom stereocenters. The van der Waals surface area contributed by atoms with Crippen molar-refractivity contribution in [3.8, 4) is 11.3 Å². The van der Waals surface area contributed by atoms with Gasteiger partial charge in [0.25, 0.3) is 11.6 Å². The molecule has 0 aliphatic carbocycles. The molecule has 3 aromatic rings. The zero-order chi connectivity index (χ0) is 23.0. The predicted molar refractivity (Wildman–Crippen MR) is 111 cm³/mol. The van der Waals surface area contributed by atoms with Crippen molar-refractivity contribution in [3.05, 3.63) is 87.1 Å².